The van der Waals surface area contributed by atoms with E-state index in [1.807, 2.05) is 0 Å². The number of fused-ring (bicyclic) bond motifs is 1. The molecule has 0 atom stereocenters. The van der Waals surface area contributed by atoms with E-state index in [0.29, 0.717) is 5.92 Å². The molecule has 2 aliphatic rings. The van der Waals surface area contributed by atoms with E-state index in [0.717, 1.165) is 32.5 Å². The molecule has 0 saturated carbocycles. The highest BCUT2D eigenvalue weighted by atomic mass is 15.2. The number of aromatic nitrogens is 2. The van der Waals surface area contributed by atoms with Crippen molar-refractivity contribution < 1.29 is 0 Å². The van der Waals surface area contributed by atoms with Gasteiger partial charge in [-0.15, -0.1) is 0 Å². The second-order valence-corrected chi connectivity index (χ2v) is 5.14. The smallest absolute Gasteiger partial charge is 0.135 e. The van der Waals surface area contributed by atoms with Crippen LogP contribution in [0.15, 0.2) is 6.33 Å². The lowest BCUT2D eigenvalue weighted by Crippen LogP contribution is -2.37. The molecule has 1 saturated heterocycles. The van der Waals surface area contributed by atoms with Gasteiger partial charge in [0.05, 0.1) is 0 Å². The first-order valence-corrected chi connectivity index (χ1v) is 6.66. The fraction of sp³-hybridized carbons (Fsp3) is 0.692. The van der Waals surface area contributed by atoms with Gasteiger partial charge in [-0.05, 0) is 44.6 Å². The Bertz CT molecular complexity index is 396. The molecule has 1 aliphatic heterocycles. The molecule has 0 unspecified atom stereocenters. The number of nitrogens with zero attached hydrogens (tertiary/aromatic N) is 3. The van der Waals surface area contributed by atoms with Crippen molar-refractivity contribution in [1.82, 2.24) is 9.97 Å². The zero-order valence-corrected chi connectivity index (χ0v) is 10.2. The molecule has 0 aromatic carbocycles. The standard InChI is InChI=1S/C13H20N4/c14-8-10-4-6-17(7-5-10)13-11-2-1-3-12(11)15-9-16-13/h9-10H,1-8,14H2. The van der Waals surface area contributed by atoms with Crippen LogP contribution in [-0.4, -0.2) is 29.6 Å². The number of anilines is 1. The van der Waals surface area contributed by atoms with Gasteiger partial charge < -0.3 is 10.6 Å². The Labute approximate surface area is 102 Å². The van der Waals surface area contributed by atoms with Crippen molar-refractivity contribution in [1.29, 1.82) is 0 Å². The zero-order chi connectivity index (χ0) is 11.7. The molecular weight excluding hydrogens is 212 g/mol. The van der Waals surface area contributed by atoms with E-state index in [1.54, 1.807) is 6.33 Å². The number of piperidine rings is 1. The summed E-state index contributed by atoms with van der Waals surface area (Å²) in [6, 6.07) is 0. The molecule has 3 rings (SSSR count). The molecule has 2 heterocycles. The van der Waals surface area contributed by atoms with E-state index in [9.17, 15) is 0 Å². The topological polar surface area (TPSA) is 55.0 Å². The van der Waals surface area contributed by atoms with E-state index < -0.39 is 0 Å². The largest absolute Gasteiger partial charge is 0.356 e. The molecular formula is C13H20N4. The predicted molar refractivity (Wildman–Crippen MR) is 68.0 cm³/mol. The first-order valence-electron chi connectivity index (χ1n) is 6.66. The van der Waals surface area contributed by atoms with Crippen LogP contribution >= 0.6 is 0 Å². The monoisotopic (exact) mass is 232 g/mol. The molecule has 1 fully saturated rings. The second-order valence-electron chi connectivity index (χ2n) is 5.14. The molecule has 1 aromatic rings. The lowest BCUT2D eigenvalue weighted by Gasteiger charge is -2.33. The molecule has 2 N–H and O–H groups in total. The molecule has 1 aromatic heterocycles. The highest BCUT2D eigenvalue weighted by Crippen LogP contribution is 2.30. The van der Waals surface area contributed by atoms with Gasteiger partial charge in [0.25, 0.3) is 0 Å². The molecule has 0 spiro atoms. The zero-order valence-electron chi connectivity index (χ0n) is 10.2. The first-order chi connectivity index (χ1) is 8.38. The fourth-order valence-electron chi connectivity index (χ4n) is 3.00. The van der Waals surface area contributed by atoms with Crippen LogP contribution in [0.4, 0.5) is 5.82 Å². The Balaban J connectivity index is 1.79. The van der Waals surface area contributed by atoms with E-state index in [1.165, 1.54) is 36.3 Å². The van der Waals surface area contributed by atoms with E-state index in [4.69, 9.17) is 5.73 Å². The summed E-state index contributed by atoms with van der Waals surface area (Å²) in [5.74, 6) is 1.91. The maximum atomic E-state index is 5.73. The number of rotatable bonds is 2. The van der Waals surface area contributed by atoms with Gasteiger partial charge in [-0.1, -0.05) is 0 Å². The number of nitrogens with two attached hydrogens (primary N) is 1. The van der Waals surface area contributed by atoms with Crippen LogP contribution in [0, 0.1) is 5.92 Å². The Morgan fingerprint density at radius 2 is 2.06 bits per heavy atom. The quantitative estimate of drug-likeness (QED) is 0.831. The Morgan fingerprint density at radius 1 is 1.24 bits per heavy atom. The summed E-state index contributed by atoms with van der Waals surface area (Å²) in [5, 5.41) is 0. The van der Waals surface area contributed by atoms with Crippen LogP contribution in [0.25, 0.3) is 0 Å². The van der Waals surface area contributed by atoms with Crippen LogP contribution in [0.1, 0.15) is 30.5 Å². The summed E-state index contributed by atoms with van der Waals surface area (Å²) in [6.07, 6.45) is 7.66. The van der Waals surface area contributed by atoms with Crippen molar-refractivity contribution in [2.45, 2.75) is 32.1 Å². The summed E-state index contributed by atoms with van der Waals surface area (Å²) in [6.45, 7) is 3.03. The third-order valence-electron chi connectivity index (χ3n) is 4.10. The van der Waals surface area contributed by atoms with Crippen LogP contribution in [0.3, 0.4) is 0 Å². The Morgan fingerprint density at radius 3 is 2.82 bits per heavy atom. The summed E-state index contributed by atoms with van der Waals surface area (Å²) < 4.78 is 0. The van der Waals surface area contributed by atoms with Gasteiger partial charge in [-0.3, -0.25) is 0 Å². The minimum atomic E-state index is 0.709. The highest BCUT2D eigenvalue weighted by molar-refractivity contribution is 5.50. The molecule has 4 heteroatoms. The minimum absolute atomic E-state index is 0.709. The predicted octanol–water partition coefficient (Wildman–Crippen LogP) is 1.14. The summed E-state index contributed by atoms with van der Waals surface area (Å²) in [4.78, 5) is 11.3. The van der Waals surface area contributed by atoms with Crippen molar-refractivity contribution in [3.63, 3.8) is 0 Å². The number of aryl methyl sites for hydroxylation is 1. The average molecular weight is 232 g/mol. The van der Waals surface area contributed by atoms with Gasteiger partial charge in [0, 0.05) is 24.3 Å². The van der Waals surface area contributed by atoms with Crippen LogP contribution in [-0.2, 0) is 12.8 Å². The molecule has 4 nitrogen and oxygen atoms in total. The minimum Gasteiger partial charge on any atom is -0.356 e. The molecule has 0 amide bonds. The Hall–Kier alpha value is -1.16. The number of hydrogen-bond acceptors (Lipinski definition) is 4. The van der Waals surface area contributed by atoms with Crippen molar-refractivity contribution in [2.75, 3.05) is 24.5 Å². The SMILES string of the molecule is NCC1CCN(c2ncnc3c2CCC3)CC1. The lowest BCUT2D eigenvalue weighted by molar-refractivity contribution is 0.412. The van der Waals surface area contributed by atoms with E-state index >= 15 is 0 Å². The third kappa shape index (κ3) is 2.02. The molecule has 0 bridgehead atoms. The van der Waals surface area contributed by atoms with Crippen molar-refractivity contribution in [3.05, 3.63) is 17.6 Å². The van der Waals surface area contributed by atoms with Gasteiger partial charge in [0.15, 0.2) is 0 Å². The molecule has 92 valence electrons. The van der Waals surface area contributed by atoms with Gasteiger partial charge in [0.2, 0.25) is 0 Å². The second kappa shape index (κ2) is 4.61. The fourth-order valence-corrected chi connectivity index (χ4v) is 3.00. The summed E-state index contributed by atoms with van der Waals surface area (Å²) in [7, 11) is 0. The van der Waals surface area contributed by atoms with Gasteiger partial charge in [-0.25, -0.2) is 9.97 Å². The maximum Gasteiger partial charge on any atom is 0.135 e. The number of hydrogen-bond donors (Lipinski definition) is 1. The highest BCUT2D eigenvalue weighted by Gasteiger charge is 2.24. The van der Waals surface area contributed by atoms with Crippen LogP contribution in [0.5, 0.6) is 0 Å². The lowest BCUT2D eigenvalue weighted by atomic mass is 9.97. The van der Waals surface area contributed by atoms with Crippen molar-refractivity contribution in [2.24, 2.45) is 11.7 Å². The van der Waals surface area contributed by atoms with Gasteiger partial charge >= 0.3 is 0 Å². The normalized spacial score (nSPS) is 20.6. The first kappa shape index (κ1) is 11.0. The van der Waals surface area contributed by atoms with Crippen LogP contribution < -0.4 is 10.6 Å². The van der Waals surface area contributed by atoms with Crippen LogP contribution in [0.2, 0.25) is 0 Å². The van der Waals surface area contributed by atoms with Crippen molar-refractivity contribution >= 4 is 5.82 Å². The van der Waals surface area contributed by atoms with E-state index in [-0.39, 0.29) is 0 Å². The summed E-state index contributed by atoms with van der Waals surface area (Å²) >= 11 is 0. The molecule has 17 heavy (non-hydrogen) atoms. The molecule has 0 radical (unpaired) electrons. The average Bonchev–Trinajstić information content (AvgIpc) is 2.87. The van der Waals surface area contributed by atoms with E-state index in [2.05, 4.69) is 14.9 Å². The van der Waals surface area contributed by atoms with Crippen molar-refractivity contribution in [3.8, 4) is 0 Å². The van der Waals surface area contributed by atoms with Gasteiger partial charge in [-0.2, -0.15) is 0 Å². The molecule has 1 aliphatic carbocycles. The summed E-state index contributed by atoms with van der Waals surface area (Å²) in [5.41, 5.74) is 8.41. The maximum absolute atomic E-state index is 5.73. The van der Waals surface area contributed by atoms with Gasteiger partial charge in [0.1, 0.15) is 12.1 Å². The Kier molecular flexibility index (Phi) is 2.97. The third-order valence-corrected chi connectivity index (χ3v) is 4.10.